The Labute approximate surface area is 124 Å². The Bertz CT molecular complexity index is 566. The molecule has 0 fully saturated rings. The highest BCUT2D eigenvalue weighted by atomic mass is 35.5. The molecule has 0 aliphatic heterocycles. The van der Waals surface area contributed by atoms with E-state index in [1.165, 1.54) is 18.7 Å². The highest BCUT2D eigenvalue weighted by Crippen LogP contribution is 2.31. The van der Waals surface area contributed by atoms with E-state index in [0.717, 1.165) is 24.0 Å². The van der Waals surface area contributed by atoms with Gasteiger partial charge in [0, 0.05) is 0 Å². The van der Waals surface area contributed by atoms with Crippen molar-refractivity contribution in [2.24, 2.45) is 0 Å². The average molecular weight is 293 g/mol. The molecular weight excluding hydrogens is 275 g/mol. The lowest BCUT2D eigenvalue weighted by molar-refractivity contribution is 0.386. The minimum atomic E-state index is -0.391. The van der Waals surface area contributed by atoms with Gasteiger partial charge in [0.1, 0.15) is 0 Å². The van der Waals surface area contributed by atoms with Gasteiger partial charge in [0.25, 0.3) is 0 Å². The standard InChI is InChI=1S/C17H18ClFO/c1-3-4-12-5-7-13(8-6-12)17(18)14-9-10-16(20-2)15(19)11-14/h5-11,17H,3-4H2,1-2H3. The summed E-state index contributed by atoms with van der Waals surface area (Å²) in [6.07, 6.45) is 2.18. The van der Waals surface area contributed by atoms with E-state index in [4.69, 9.17) is 16.3 Å². The second kappa shape index (κ2) is 6.76. The van der Waals surface area contributed by atoms with Crippen LogP contribution >= 0.6 is 11.6 Å². The maximum atomic E-state index is 13.7. The first-order valence-electron chi connectivity index (χ1n) is 6.72. The molecule has 1 nitrogen and oxygen atoms in total. The number of halogens is 2. The fourth-order valence-corrected chi connectivity index (χ4v) is 2.46. The van der Waals surface area contributed by atoms with Crippen molar-refractivity contribution in [3.63, 3.8) is 0 Å². The van der Waals surface area contributed by atoms with Crippen molar-refractivity contribution in [3.05, 3.63) is 65.0 Å². The highest BCUT2D eigenvalue weighted by molar-refractivity contribution is 6.22. The molecule has 3 heteroatoms. The van der Waals surface area contributed by atoms with Gasteiger partial charge >= 0.3 is 0 Å². The third-order valence-corrected chi connectivity index (χ3v) is 3.78. The predicted molar refractivity (Wildman–Crippen MR) is 81.1 cm³/mol. The lowest BCUT2D eigenvalue weighted by atomic mass is 10.0. The van der Waals surface area contributed by atoms with Crippen LogP contribution in [0.25, 0.3) is 0 Å². The highest BCUT2D eigenvalue weighted by Gasteiger charge is 2.13. The number of hydrogen-bond donors (Lipinski definition) is 0. The van der Waals surface area contributed by atoms with Gasteiger partial charge in [-0.1, -0.05) is 43.7 Å². The molecule has 0 spiro atoms. The van der Waals surface area contributed by atoms with Crippen LogP contribution in [0.5, 0.6) is 5.75 Å². The Balaban J connectivity index is 2.21. The second-order valence-corrected chi connectivity index (χ2v) is 5.18. The third-order valence-electron chi connectivity index (χ3n) is 3.28. The van der Waals surface area contributed by atoms with Crippen LogP contribution in [0.4, 0.5) is 4.39 Å². The molecule has 2 aromatic rings. The van der Waals surface area contributed by atoms with Crippen molar-refractivity contribution < 1.29 is 9.13 Å². The van der Waals surface area contributed by atoms with E-state index in [9.17, 15) is 4.39 Å². The van der Waals surface area contributed by atoms with Gasteiger partial charge in [-0.15, -0.1) is 11.6 Å². The molecule has 0 aliphatic carbocycles. The number of rotatable bonds is 5. The zero-order valence-electron chi connectivity index (χ0n) is 11.7. The van der Waals surface area contributed by atoms with E-state index < -0.39 is 5.82 Å². The maximum Gasteiger partial charge on any atom is 0.165 e. The Hall–Kier alpha value is -1.54. The van der Waals surface area contributed by atoms with Crippen molar-refractivity contribution in [2.75, 3.05) is 7.11 Å². The normalized spacial score (nSPS) is 12.2. The van der Waals surface area contributed by atoms with E-state index in [2.05, 4.69) is 19.1 Å². The number of ether oxygens (including phenoxy) is 1. The molecule has 1 unspecified atom stereocenters. The Morgan fingerprint density at radius 3 is 2.30 bits per heavy atom. The monoisotopic (exact) mass is 292 g/mol. The molecule has 0 aromatic heterocycles. The maximum absolute atomic E-state index is 13.7. The molecule has 0 amide bonds. The number of methoxy groups -OCH3 is 1. The zero-order valence-corrected chi connectivity index (χ0v) is 12.5. The van der Waals surface area contributed by atoms with Gasteiger partial charge < -0.3 is 4.74 Å². The van der Waals surface area contributed by atoms with Crippen LogP contribution in [0.3, 0.4) is 0 Å². The van der Waals surface area contributed by atoms with Crippen LogP contribution in [-0.4, -0.2) is 7.11 Å². The molecule has 106 valence electrons. The van der Waals surface area contributed by atoms with Crippen LogP contribution < -0.4 is 4.74 Å². The molecular formula is C17H18ClFO. The van der Waals surface area contributed by atoms with Crippen LogP contribution in [0.15, 0.2) is 42.5 Å². The van der Waals surface area contributed by atoms with Gasteiger partial charge in [-0.05, 0) is 35.2 Å². The summed E-state index contributed by atoms with van der Waals surface area (Å²) in [6.45, 7) is 2.15. The number of alkyl halides is 1. The van der Waals surface area contributed by atoms with Crippen LogP contribution in [0, 0.1) is 5.82 Å². The summed E-state index contributed by atoms with van der Waals surface area (Å²) in [5, 5.41) is -0.355. The molecule has 0 bridgehead atoms. The summed E-state index contributed by atoms with van der Waals surface area (Å²) in [4.78, 5) is 0. The smallest absolute Gasteiger partial charge is 0.165 e. The molecule has 0 heterocycles. The number of aryl methyl sites for hydroxylation is 1. The molecule has 0 saturated carbocycles. The Kier molecular flexibility index (Phi) is 5.02. The largest absolute Gasteiger partial charge is 0.494 e. The van der Waals surface area contributed by atoms with Crippen LogP contribution in [0.1, 0.15) is 35.4 Å². The molecule has 0 aliphatic rings. The molecule has 2 rings (SSSR count). The quantitative estimate of drug-likeness (QED) is 0.695. The molecule has 0 N–H and O–H groups in total. The predicted octanol–water partition coefficient (Wildman–Crippen LogP) is 5.12. The lowest BCUT2D eigenvalue weighted by Gasteiger charge is -2.12. The molecule has 20 heavy (non-hydrogen) atoms. The molecule has 1 atom stereocenters. The Morgan fingerprint density at radius 1 is 1.10 bits per heavy atom. The summed E-state index contributed by atoms with van der Waals surface area (Å²) in [5.74, 6) is -0.158. The summed E-state index contributed by atoms with van der Waals surface area (Å²) < 4.78 is 18.6. The van der Waals surface area contributed by atoms with E-state index >= 15 is 0 Å². The topological polar surface area (TPSA) is 9.23 Å². The summed E-state index contributed by atoms with van der Waals surface area (Å²) >= 11 is 6.42. The fourth-order valence-electron chi connectivity index (χ4n) is 2.17. The SMILES string of the molecule is CCCc1ccc(C(Cl)c2ccc(OC)c(F)c2)cc1. The summed E-state index contributed by atoms with van der Waals surface area (Å²) in [7, 11) is 1.45. The van der Waals surface area contributed by atoms with E-state index in [1.54, 1.807) is 12.1 Å². The van der Waals surface area contributed by atoms with Crippen LogP contribution in [-0.2, 0) is 6.42 Å². The van der Waals surface area contributed by atoms with E-state index in [-0.39, 0.29) is 11.1 Å². The van der Waals surface area contributed by atoms with Crippen molar-refractivity contribution in [1.82, 2.24) is 0 Å². The lowest BCUT2D eigenvalue weighted by Crippen LogP contribution is -1.96. The number of hydrogen-bond acceptors (Lipinski definition) is 1. The first-order chi connectivity index (χ1) is 9.65. The third kappa shape index (κ3) is 3.31. The first-order valence-corrected chi connectivity index (χ1v) is 7.15. The minimum Gasteiger partial charge on any atom is -0.494 e. The van der Waals surface area contributed by atoms with Crippen molar-refractivity contribution in [3.8, 4) is 5.75 Å². The molecule has 0 saturated heterocycles. The fraction of sp³-hybridized carbons (Fsp3) is 0.294. The summed E-state index contributed by atoms with van der Waals surface area (Å²) in [5.41, 5.74) is 2.99. The Morgan fingerprint density at radius 2 is 1.75 bits per heavy atom. The van der Waals surface area contributed by atoms with Gasteiger partial charge in [0.05, 0.1) is 12.5 Å². The van der Waals surface area contributed by atoms with Gasteiger partial charge in [0.15, 0.2) is 11.6 Å². The van der Waals surface area contributed by atoms with Crippen molar-refractivity contribution in [1.29, 1.82) is 0 Å². The van der Waals surface area contributed by atoms with E-state index in [0.29, 0.717) is 0 Å². The minimum absolute atomic E-state index is 0.232. The van der Waals surface area contributed by atoms with Gasteiger partial charge in [-0.25, -0.2) is 4.39 Å². The number of benzene rings is 2. The summed E-state index contributed by atoms with van der Waals surface area (Å²) in [6, 6.07) is 13.0. The van der Waals surface area contributed by atoms with Gasteiger partial charge in [-0.2, -0.15) is 0 Å². The van der Waals surface area contributed by atoms with E-state index in [1.807, 2.05) is 12.1 Å². The second-order valence-electron chi connectivity index (χ2n) is 4.75. The van der Waals surface area contributed by atoms with Crippen LogP contribution in [0.2, 0.25) is 0 Å². The average Bonchev–Trinajstić information content (AvgIpc) is 2.47. The van der Waals surface area contributed by atoms with Gasteiger partial charge in [-0.3, -0.25) is 0 Å². The zero-order chi connectivity index (χ0) is 14.5. The van der Waals surface area contributed by atoms with Gasteiger partial charge in [0.2, 0.25) is 0 Å². The van der Waals surface area contributed by atoms with Crippen molar-refractivity contribution >= 4 is 11.6 Å². The first kappa shape index (κ1) is 14.9. The van der Waals surface area contributed by atoms with Crippen molar-refractivity contribution in [2.45, 2.75) is 25.1 Å². The molecule has 2 aromatic carbocycles. The molecule has 0 radical (unpaired) electrons.